The molecule has 4 N–H and O–H groups in total. The minimum absolute atomic E-state index is 0.0192. The molecule has 210 valence electrons. The Labute approximate surface area is 226 Å². The van der Waals surface area contributed by atoms with Crippen LogP contribution in [0.3, 0.4) is 0 Å². The Morgan fingerprint density at radius 3 is 2.70 bits per heavy atom. The lowest BCUT2D eigenvalue weighted by molar-refractivity contribution is -0.138. The van der Waals surface area contributed by atoms with Crippen LogP contribution in [0.5, 0.6) is 0 Å². The molecule has 0 aromatic heterocycles. The van der Waals surface area contributed by atoms with Crippen LogP contribution in [-0.4, -0.2) is 60.5 Å². The number of ether oxygens (including phenoxy) is 1. The van der Waals surface area contributed by atoms with Gasteiger partial charge in [-0.25, -0.2) is 4.39 Å². The van der Waals surface area contributed by atoms with E-state index >= 15 is 4.39 Å². The first-order valence-electron chi connectivity index (χ1n) is 14.1. The van der Waals surface area contributed by atoms with Crippen LogP contribution in [-0.2, 0) is 15.1 Å². The number of rotatable bonds is 13. The van der Waals surface area contributed by atoms with E-state index in [1.54, 1.807) is 24.1 Å². The lowest BCUT2D eigenvalue weighted by atomic mass is 9.73. The third-order valence-electron chi connectivity index (χ3n) is 8.63. The van der Waals surface area contributed by atoms with Crippen molar-refractivity contribution in [2.45, 2.75) is 88.7 Å². The van der Waals surface area contributed by atoms with Crippen LogP contribution in [0.2, 0.25) is 5.02 Å². The molecule has 2 fully saturated rings. The van der Waals surface area contributed by atoms with Crippen molar-refractivity contribution in [1.29, 1.82) is 0 Å². The average Bonchev–Trinajstić information content (AvgIpc) is 2.91. The fourth-order valence-corrected chi connectivity index (χ4v) is 6.51. The van der Waals surface area contributed by atoms with Gasteiger partial charge in [0.2, 0.25) is 5.91 Å². The number of amides is 1. The molecular formula is C29H46ClFN2O4. The number of hydrogen-bond donors (Lipinski definition) is 3. The zero-order chi connectivity index (χ0) is 26.8. The summed E-state index contributed by atoms with van der Waals surface area (Å²) in [4.78, 5) is 15.1. The summed E-state index contributed by atoms with van der Waals surface area (Å²) in [6, 6.07) is 4.53. The van der Waals surface area contributed by atoms with E-state index < -0.39 is 11.4 Å². The molecule has 2 aliphatic rings. The van der Waals surface area contributed by atoms with Gasteiger partial charge in [0.25, 0.3) is 0 Å². The summed E-state index contributed by atoms with van der Waals surface area (Å²) in [5.74, 6) is -0.697. The first-order valence-corrected chi connectivity index (χ1v) is 14.5. The third-order valence-corrected chi connectivity index (χ3v) is 8.92. The Balaban J connectivity index is 1.70. The highest BCUT2D eigenvalue weighted by Crippen LogP contribution is 2.42. The fraction of sp³-hybridized carbons (Fsp3) is 0.759. The molecule has 1 heterocycles. The van der Waals surface area contributed by atoms with Crippen LogP contribution in [0.4, 0.5) is 4.39 Å². The van der Waals surface area contributed by atoms with Crippen molar-refractivity contribution in [3.8, 4) is 0 Å². The van der Waals surface area contributed by atoms with Gasteiger partial charge in [-0.3, -0.25) is 4.79 Å². The highest BCUT2D eigenvalue weighted by atomic mass is 35.5. The van der Waals surface area contributed by atoms with Gasteiger partial charge in [0.15, 0.2) is 0 Å². The fourth-order valence-electron chi connectivity index (χ4n) is 6.34. The van der Waals surface area contributed by atoms with Gasteiger partial charge in [0.05, 0.1) is 10.6 Å². The number of aliphatic hydroxyl groups excluding tert-OH is 1. The number of halogens is 2. The SMILES string of the molecule is COCCCC[C@@](O)(c1cccc(Cl)c1F)[C@@H]1CCCN(C(=O)C[C@H](CO)[C@@H](N)CC2CCCCC2)C1. The molecule has 1 aromatic carbocycles. The molecule has 1 aliphatic heterocycles. The minimum Gasteiger partial charge on any atom is -0.396 e. The third kappa shape index (κ3) is 8.12. The Kier molecular flexibility index (Phi) is 12.1. The summed E-state index contributed by atoms with van der Waals surface area (Å²) in [5.41, 5.74) is 5.23. The maximum absolute atomic E-state index is 15.1. The second-order valence-electron chi connectivity index (χ2n) is 11.2. The maximum Gasteiger partial charge on any atom is 0.223 e. The van der Waals surface area contributed by atoms with Crippen LogP contribution < -0.4 is 5.73 Å². The molecule has 1 aliphatic carbocycles. The number of likely N-dealkylation sites (tertiary alicyclic amines) is 1. The van der Waals surface area contributed by atoms with Gasteiger partial charge in [-0.05, 0) is 50.5 Å². The van der Waals surface area contributed by atoms with Gasteiger partial charge in [0, 0.05) is 63.3 Å². The second-order valence-corrected chi connectivity index (χ2v) is 11.6. The molecule has 6 nitrogen and oxygen atoms in total. The van der Waals surface area contributed by atoms with Crippen molar-refractivity contribution in [3.05, 3.63) is 34.6 Å². The molecule has 0 spiro atoms. The predicted octanol–water partition coefficient (Wildman–Crippen LogP) is 5.02. The molecule has 4 atom stereocenters. The summed E-state index contributed by atoms with van der Waals surface area (Å²) < 4.78 is 20.3. The topological polar surface area (TPSA) is 96.0 Å². The van der Waals surface area contributed by atoms with Gasteiger partial charge in [-0.1, -0.05) is 55.8 Å². The van der Waals surface area contributed by atoms with Crippen LogP contribution in [0.15, 0.2) is 18.2 Å². The van der Waals surface area contributed by atoms with Crippen molar-refractivity contribution in [3.63, 3.8) is 0 Å². The van der Waals surface area contributed by atoms with Crippen molar-refractivity contribution in [2.24, 2.45) is 23.5 Å². The number of methoxy groups -OCH3 is 1. The van der Waals surface area contributed by atoms with Crippen molar-refractivity contribution in [2.75, 3.05) is 33.4 Å². The Morgan fingerprint density at radius 2 is 2.00 bits per heavy atom. The van der Waals surface area contributed by atoms with E-state index in [2.05, 4.69) is 0 Å². The van der Waals surface area contributed by atoms with E-state index in [-0.39, 0.29) is 47.4 Å². The van der Waals surface area contributed by atoms with Crippen LogP contribution >= 0.6 is 11.6 Å². The van der Waals surface area contributed by atoms with Crippen molar-refractivity contribution in [1.82, 2.24) is 4.90 Å². The molecule has 1 amide bonds. The molecule has 8 heteroatoms. The first-order chi connectivity index (χ1) is 17.8. The Hall–Kier alpha value is -1.25. The van der Waals surface area contributed by atoms with E-state index in [4.69, 9.17) is 22.1 Å². The van der Waals surface area contributed by atoms with Crippen LogP contribution in [0.1, 0.15) is 82.6 Å². The highest BCUT2D eigenvalue weighted by molar-refractivity contribution is 6.30. The number of unbranched alkanes of at least 4 members (excludes halogenated alkanes) is 1. The number of nitrogens with two attached hydrogens (primary N) is 1. The quantitative estimate of drug-likeness (QED) is 0.305. The van der Waals surface area contributed by atoms with Crippen LogP contribution in [0.25, 0.3) is 0 Å². The van der Waals surface area contributed by atoms with Gasteiger partial charge >= 0.3 is 0 Å². The zero-order valence-corrected chi connectivity index (χ0v) is 23.1. The van der Waals surface area contributed by atoms with E-state index in [1.165, 1.54) is 38.2 Å². The number of benzene rings is 1. The van der Waals surface area contributed by atoms with Crippen molar-refractivity contribution >= 4 is 17.5 Å². The molecule has 3 rings (SSSR count). The number of nitrogens with zero attached hydrogens (tertiary/aromatic N) is 1. The Bertz CT molecular complexity index is 853. The summed E-state index contributed by atoms with van der Waals surface area (Å²) in [6.07, 6.45) is 10.3. The van der Waals surface area contributed by atoms with Gasteiger partial charge in [-0.15, -0.1) is 0 Å². The maximum atomic E-state index is 15.1. The zero-order valence-electron chi connectivity index (χ0n) is 22.3. The van der Waals surface area contributed by atoms with Gasteiger partial charge in [0.1, 0.15) is 5.82 Å². The second kappa shape index (κ2) is 14.8. The summed E-state index contributed by atoms with van der Waals surface area (Å²) in [5, 5.41) is 22.0. The largest absolute Gasteiger partial charge is 0.396 e. The summed E-state index contributed by atoms with van der Waals surface area (Å²) in [7, 11) is 1.63. The van der Waals surface area contributed by atoms with E-state index in [1.807, 2.05) is 0 Å². The Morgan fingerprint density at radius 1 is 1.24 bits per heavy atom. The monoisotopic (exact) mass is 540 g/mol. The number of piperidine rings is 1. The minimum atomic E-state index is -1.45. The average molecular weight is 541 g/mol. The molecule has 0 unspecified atom stereocenters. The number of carbonyl (C=O) groups is 1. The molecule has 0 radical (unpaired) electrons. The van der Waals surface area contributed by atoms with Gasteiger partial charge < -0.3 is 25.6 Å². The summed E-state index contributed by atoms with van der Waals surface area (Å²) >= 11 is 6.09. The number of aliphatic hydroxyl groups is 2. The van der Waals surface area contributed by atoms with E-state index in [0.717, 1.165) is 19.3 Å². The highest BCUT2D eigenvalue weighted by Gasteiger charge is 2.43. The molecule has 1 aromatic rings. The number of hydrogen-bond acceptors (Lipinski definition) is 5. The molecular weight excluding hydrogens is 495 g/mol. The smallest absolute Gasteiger partial charge is 0.223 e. The lowest BCUT2D eigenvalue weighted by Gasteiger charge is -2.43. The van der Waals surface area contributed by atoms with E-state index in [9.17, 15) is 15.0 Å². The van der Waals surface area contributed by atoms with Gasteiger partial charge in [-0.2, -0.15) is 0 Å². The molecule has 37 heavy (non-hydrogen) atoms. The normalized spacial score (nSPS) is 22.4. The standard InChI is InChI=1S/C29H46ClFN2O4/c1-37-16-6-5-14-29(36,24-12-7-13-25(30)28(24)31)23-11-8-15-33(19-23)27(35)18-22(20-34)26(32)17-21-9-3-2-4-10-21/h7,12-13,21-23,26,34,36H,2-6,8-11,14-20,32H2,1H3/t22-,23-,26+,29+/m1/s1. The first kappa shape index (κ1) is 30.3. The van der Waals surface area contributed by atoms with E-state index in [0.29, 0.717) is 44.9 Å². The molecule has 0 bridgehead atoms. The molecule has 1 saturated carbocycles. The summed E-state index contributed by atoms with van der Waals surface area (Å²) in [6.45, 7) is 1.37. The molecule has 1 saturated heterocycles. The lowest BCUT2D eigenvalue weighted by Crippen LogP contribution is -2.49. The van der Waals surface area contributed by atoms with Crippen LogP contribution in [0, 0.1) is 23.6 Å². The number of carbonyl (C=O) groups excluding carboxylic acids is 1. The van der Waals surface area contributed by atoms with Crippen molar-refractivity contribution < 1.29 is 24.1 Å². The predicted molar refractivity (Wildman–Crippen MR) is 145 cm³/mol.